The van der Waals surface area contributed by atoms with Crippen molar-refractivity contribution in [3.05, 3.63) is 235 Å². The first-order valence-corrected chi connectivity index (χ1v) is 20.2. The van der Waals surface area contributed by atoms with Crippen LogP contribution < -0.4 is 0 Å². The fraction of sp³-hybridized carbons (Fsp3) is 0.0179. The van der Waals surface area contributed by atoms with Gasteiger partial charge in [-0.05, 0) is 95.7 Å². The van der Waals surface area contributed by atoms with E-state index < -0.39 is 5.41 Å². The van der Waals surface area contributed by atoms with E-state index in [9.17, 15) is 0 Å². The monoisotopic (exact) mass is 749 g/mol. The molecule has 1 heterocycles. The van der Waals surface area contributed by atoms with Crippen LogP contribution in [0.2, 0.25) is 0 Å². The second-order valence-electron chi connectivity index (χ2n) is 15.5. The van der Waals surface area contributed by atoms with Crippen molar-refractivity contribution in [1.82, 2.24) is 15.0 Å². The van der Waals surface area contributed by atoms with Gasteiger partial charge in [0.1, 0.15) is 0 Å². The molecule has 0 unspecified atom stereocenters. The fourth-order valence-electron chi connectivity index (χ4n) is 9.85. The summed E-state index contributed by atoms with van der Waals surface area (Å²) in [4.78, 5) is 15.4. The molecule has 2 aliphatic rings. The zero-order valence-corrected chi connectivity index (χ0v) is 32.0. The molecule has 0 bridgehead atoms. The highest BCUT2D eigenvalue weighted by Gasteiger charge is 2.52. The van der Waals surface area contributed by atoms with Crippen molar-refractivity contribution in [2.45, 2.75) is 5.41 Å². The minimum Gasteiger partial charge on any atom is -0.208 e. The predicted octanol–water partition coefficient (Wildman–Crippen LogP) is 13.7. The lowest BCUT2D eigenvalue weighted by atomic mass is 9.69. The number of hydrogen-bond donors (Lipinski definition) is 0. The highest BCUT2D eigenvalue weighted by Crippen LogP contribution is 2.65. The molecule has 0 N–H and O–H groups in total. The molecule has 0 saturated heterocycles. The van der Waals surface area contributed by atoms with Crippen LogP contribution in [0.15, 0.2) is 212 Å². The van der Waals surface area contributed by atoms with Gasteiger partial charge in [-0.15, -0.1) is 0 Å². The molecule has 0 radical (unpaired) electrons. The molecular weight excluding hydrogens is 715 g/mol. The van der Waals surface area contributed by atoms with Crippen LogP contribution in [-0.2, 0) is 5.41 Å². The van der Waals surface area contributed by atoms with Gasteiger partial charge in [-0.1, -0.05) is 194 Å². The third-order valence-electron chi connectivity index (χ3n) is 12.3. The van der Waals surface area contributed by atoms with Crippen LogP contribution in [0.3, 0.4) is 0 Å². The van der Waals surface area contributed by atoms with Crippen molar-refractivity contribution >= 4 is 10.8 Å². The lowest BCUT2D eigenvalue weighted by Gasteiger charge is -2.31. The van der Waals surface area contributed by atoms with E-state index >= 15 is 0 Å². The normalized spacial score (nSPS) is 12.9. The third kappa shape index (κ3) is 5.05. The minimum atomic E-state index is -0.464. The number of hydrogen-bond acceptors (Lipinski definition) is 3. The minimum absolute atomic E-state index is 0.464. The standard InChI is InChI=1S/C56H35N3/c1-3-17-36(18-4-1)38-22-15-24-41(33-38)54-57-53(37-19-5-2-6-20-37)58-55(59-54)42-25-16-23-39(34-42)47-35-40-21-7-8-26-43(40)52-51(47)46-29-11-14-32-50(46)56(52)48-30-12-9-27-44(48)45-28-10-13-31-49(45)56/h1-35H. The molecule has 59 heavy (non-hydrogen) atoms. The second-order valence-corrected chi connectivity index (χ2v) is 15.5. The van der Waals surface area contributed by atoms with E-state index in [1.807, 2.05) is 24.3 Å². The van der Waals surface area contributed by atoms with Crippen molar-refractivity contribution in [3.63, 3.8) is 0 Å². The average Bonchev–Trinajstić information content (AvgIpc) is 3.80. The van der Waals surface area contributed by atoms with Gasteiger partial charge < -0.3 is 0 Å². The van der Waals surface area contributed by atoms with Crippen LogP contribution >= 0.6 is 0 Å². The van der Waals surface area contributed by atoms with Crippen molar-refractivity contribution in [1.29, 1.82) is 0 Å². The van der Waals surface area contributed by atoms with E-state index in [0.717, 1.165) is 33.4 Å². The molecular formula is C56H35N3. The summed E-state index contributed by atoms with van der Waals surface area (Å²) in [7, 11) is 0. The molecule has 3 nitrogen and oxygen atoms in total. The Labute approximate surface area is 343 Å². The third-order valence-corrected chi connectivity index (χ3v) is 12.3. The summed E-state index contributed by atoms with van der Waals surface area (Å²) in [5.74, 6) is 1.91. The van der Waals surface area contributed by atoms with Gasteiger partial charge in [-0.25, -0.2) is 15.0 Å². The largest absolute Gasteiger partial charge is 0.208 e. The molecule has 1 aromatic heterocycles. The van der Waals surface area contributed by atoms with Crippen molar-refractivity contribution < 1.29 is 0 Å². The molecule has 0 aliphatic heterocycles. The first-order chi connectivity index (χ1) is 29.3. The Bertz CT molecular complexity index is 3230. The summed E-state index contributed by atoms with van der Waals surface area (Å²) in [6.45, 7) is 0. The molecule has 0 atom stereocenters. The van der Waals surface area contributed by atoms with Crippen LogP contribution in [-0.4, -0.2) is 15.0 Å². The first-order valence-electron chi connectivity index (χ1n) is 20.2. The van der Waals surface area contributed by atoms with Crippen LogP contribution in [0.25, 0.3) is 89.4 Å². The smallest absolute Gasteiger partial charge is 0.164 e. The average molecular weight is 750 g/mol. The Balaban J connectivity index is 1.09. The molecule has 10 aromatic rings. The number of benzene rings is 9. The fourth-order valence-corrected chi connectivity index (χ4v) is 9.85. The first kappa shape index (κ1) is 33.4. The summed E-state index contributed by atoms with van der Waals surface area (Å²) in [6.07, 6.45) is 0. The zero-order valence-electron chi connectivity index (χ0n) is 32.0. The Hall–Kier alpha value is -7.75. The molecule has 0 fully saturated rings. The van der Waals surface area contributed by atoms with Crippen molar-refractivity contribution in [2.75, 3.05) is 0 Å². The van der Waals surface area contributed by atoms with Crippen LogP contribution in [0, 0.1) is 0 Å². The second kappa shape index (κ2) is 13.2. The predicted molar refractivity (Wildman–Crippen MR) is 241 cm³/mol. The number of nitrogens with zero attached hydrogens (tertiary/aromatic N) is 3. The number of rotatable bonds is 5. The van der Waals surface area contributed by atoms with Gasteiger partial charge in [-0.2, -0.15) is 0 Å². The van der Waals surface area contributed by atoms with E-state index in [4.69, 9.17) is 15.0 Å². The van der Waals surface area contributed by atoms with Crippen molar-refractivity contribution in [3.8, 4) is 78.7 Å². The molecule has 12 rings (SSSR count). The molecule has 1 spiro atoms. The highest BCUT2D eigenvalue weighted by atomic mass is 15.0. The highest BCUT2D eigenvalue weighted by molar-refractivity contribution is 6.09. The van der Waals surface area contributed by atoms with E-state index in [1.54, 1.807) is 0 Å². The summed E-state index contributed by atoms with van der Waals surface area (Å²) < 4.78 is 0. The zero-order chi connectivity index (χ0) is 38.9. The van der Waals surface area contributed by atoms with Gasteiger partial charge in [0, 0.05) is 16.7 Å². The molecule has 274 valence electrons. The van der Waals surface area contributed by atoms with Crippen molar-refractivity contribution in [2.24, 2.45) is 0 Å². The lowest BCUT2D eigenvalue weighted by Crippen LogP contribution is -2.26. The number of aromatic nitrogens is 3. The van der Waals surface area contributed by atoms with Crippen LogP contribution in [0.5, 0.6) is 0 Å². The maximum absolute atomic E-state index is 5.21. The molecule has 0 saturated carbocycles. The van der Waals surface area contributed by atoms with E-state index in [-0.39, 0.29) is 0 Å². The van der Waals surface area contributed by atoms with Gasteiger partial charge in [0.15, 0.2) is 17.5 Å². The van der Waals surface area contributed by atoms with Crippen LogP contribution in [0.4, 0.5) is 0 Å². The van der Waals surface area contributed by atoms with Gasteiger partial charge in [0.2, 0.25) is 0 Å². The Morgan fingerprint density at radius 3 is 1.37 bits per heavy atom. The van der Waals surface area contributed by atoms with E-state index in [0.29, 0.717) is 17.5 Å². The van der Waals surface area contributed by atoms with E-state index in [2.05, 4.69) is 188 Å². The quantitative estimate of drug-likeness (QED) is 0.176. The molecule has 2 aliphatic carbocycles. The Kier molecular flexibility index (Phi) is 7.45. The van der Waals surface area contributed by atoms with Gasteiger partial charge in [0.25, 0.3) is 0 Å². The SMILES string of the molecule is c1ccc(-c2cccc(-c3nc(-c4ccccc4)nc(-c4cccc(-c5cc6ccccc6c6c5-c5ccccc5C65c6ccccc6-c6ccccc65)c4)n3)c2)cc1. The maximum Gasteiger partial charge on any atom is 0.164 e. The molecule has 3 heteroatoms. The summed E-state index contributed by atoms with van der Waals surface area (Å²) in [6, 6.07) is 76.3. The molecule has 0 amide bonds. The summed E-state index contributed by atoms with van der Waals surface area (Å²) >= 11 is 0. The van der Waals surface area contributed by atoms with Gasteiger partial charge >= 0.3 is 0 Å². The topological polar surface area (TPSA) is 38.7 Å². The van der Waals surface area contributed by atoms with E-state index in [1.165, 1.54) is 60.8 Å². The summed E-state index contributed by atoms with van der Waals surface area (Å²) in [5.41, 5.74) is 17.4. The van der Waals surface area contributed by atoms with Crippen LogP contribution in [0.1, 0.15) is 22.3 Å². The lowest BCUT2D eigenvalue weighted by molar-refractivity contribution is 0.801. The molecule has 9 aromatic carbocycles. The Morgan fingerprint density at radius 2 is 0.729 bits per heavy atom. The maximum atomic E-state index is 5.21. The Morgan fingerprint density at radius 1 is 0.288 bits per heavy atom. The number of fused-ring (bicyclic) bond motifs is 12. The van der Waals surface area contributed by atoms with Gasteiger partial charge in [0.05, 0.1) is 5.41 Å². The summed E-state index contributed by atoms with van der Waals surface area (Å²) in [5, 5.41) is 2.49. The van der Waals surface area contributed by atoms with Gasteiger partial charge in [-0.3, -0.25) is 0 Å².